The van der Waals surface area contributed by atoms with Crippen LogP contribution < -0.4 is 5.32 Å². The van der Waals surface area contributed by atoms with Crippen molar-refractivity contribution in [2.45, 2.75) is 47.1 Å². The zero-order valence-electron chi connectivity index (χ0n) is 10.1. The molecule has 0 fully saturated rings. The normalized spacial score (nSPS) is 15.5. The third-order valence-corrected chi connectivity index (χ3v) is 2.38. The van der Waals surface area contributed by atoms with Gasteiger partial charge >= 0.3 is 5.97 Å². The Morgan fingerprint density at radius 1 is 1.33 bits per heavy atom. The lowest BCUT2D eigenvalue weighted by Crippen LogP contribution is -2.45. The van der Waals surface area contributed by atoms with Gasteiger partial charge in [0.05, 0.1) is 0 Å². The molecule has 0 aliphatic rings. The van der Waals surface area contributed by atoms with E-state index in [1.54, 1.807) is 20.8 Å². The van der Waals surface area contributed by atoms with Crippen LogP contribution in [0.15, 0.2) is 0 Å². The molecule has 88 valence electrons. The number of carbonyl (C=O) groups is 2. The first-order chi connectivity index (χ1) is 6.70. The minimum atomic E-state index is -1.07. The van der Waals surface area contributed by atoms with E-state index in [1.807, 2.05) is 13.8 Å². The van der Waals surface area contributed by atoms with E-state index < -0.39 is 23.2 Å². The maximum absolute atomic E-state index is 11.7. The van der Waals surface area contributed by atoms with Crippen molar-refractivity contribution < 1.29 is 14.7 Å². The summed E-state index contributed by atoms with van der Waals surface area (Å²) in [5.41, 5.74) is -0.566. The van der Waals surface area contributed by atoms with Gasteiger partial charge in [-0.1, -0.05) is 27.7 Å². The summed E-state index contributed by atoms with van der Waals surface area (Å²) in [6.07, 6.45) is 0.794. The zero-order valence-corrected chi connectivity index (χ0v) is 10.1. The second kappa shape index (κ2) is 5.14. The average molecular weight is 215 g/mol. The highest BCUT2D eigenvalue weighted by molar-refractivity contribution is 5.97. The van der Waals surface area contributed by atoms with Crippen LogP contribution in [-0.2, 0) is 9.59 Å². The number of aliphatic carboxylic acids is 1. The van der Waals surface area contributed by atoms with Gasteiger partial charge in [-0.15, -0.1) is 0 Å². The maximum atomic E-state index is 11.7. The molecule has 0 rings (SSSR count). The molecule has 0 aliphatic carbocycles. The molecule has 0 saturated heterocycles. The van der Waals surface area contributed by atoms with Gasteiger partial charge in [-0.3, -0.25) is 9.59 Å². The fourth-order valence-electron chi connectivity index (χ4n) is 1.30. The van der Waals surface area contributed by atoms with Crippen LogP contribution in [0.4, 0.5) is 0 Å². The van der Waals surface area contributed by atoms with Crippen molar-refractivity contribution in [2.75, 3.05) is 0 Å². The molecular weight excluding hydrogens is 194 g/mol. The van der Waals surface area contributed by atoms with Gasteiger partial charge < -0.3 is 10.4 Å². The lowest BCUT2D eigenvalue weighted by Gasteiger charge is -2.27. The highest BCUT2D eigenvalue weighted by Crippen LogP contribution is 2.26. The molecular formula is C11H21NO3. The molecule has 2 unspecified atom stereocenters. The van der Waals surface area contributed by atoms with Gasteiger partial charge in [-0.25, -0.2) is 0 Å². The molecule has 0 heterocycles. The van der Waals surface area contributed by atoms with Crippen molar-refractivity contribution >= 4 is 11.9 Å². The molecule has 4 heteroatoms. The van der Waals surface area contributed by atoms with Gasteiger partial charge in [0.1, 0.15) is 5.92 Å². The number of carboxylic acid groups (broad SMARTS) is 1. The first kappa shape index (κ1) is 13.9. The van der Waals surface area contributed by atoms with Crippen LogP contribution in [-0.4, -0.2) is 23.0 Å². The molecule has 2 atom stereocenters. The van der Waals surface area contributed by atoms with Crippen LogP contribution in [0.2, 0.25) is 0 Å². The number of carboxylic acids is 1. The summed E-state index contributed by atoms with van der Waals surface area (Å²) in [4.78, 5) is 22.7. The number of hydrogen-bond donors (Lipinski definition) is 2. The number of nitrogens with one attached hydrogen (secondary N) is 1. The molecule has 0 aromatic carbocycles. The molecule has 1 amide bonds. The van der Waals surface area contributed by atoms with Crippen LogP contribution in [0, 0.1) is 11.3 Å². The Morgan fingerprint density at radius 2 is 1.80 bits per heavy atom. The van der Waals surface area contributed by atoms with Crippen LogP contribution in [0.25, 0.3) is 0 Å². The molecule has 4 nitrogen and oxygen atoms in total. The molecule has 0 bridgehead atoms. The van der Waals surface area contributed by atoms with Gasteiger partial charge in [-0.05, 0) is 18.8 Å². The number of hydrogen-bond acceptors (Lipinski definition) is 2. The van der Waals surface area contributed by atoms with Crippen LogP contribution in [0.5, 0.6) is 0 Å². The monoisotopic (exact) mass is 215 g/mol. The van der Waals surface area contributed by atoms with E-state index in [0.717, 1.165) is 6.42 Å². The summed E-state index contributed by atoms with van der Waals surface area (Å²) >= 11 is 0. The van der Waals surface area contributed by atoms with Gasteiger partial charge in [-0.2, -0.15) is 0 Å². The highest BCUT2D eigenvalue weighted by Gasteiger charge is 2.37. The number of amides is 1. The lowest BCUT2D eigenvalue weighted by atomic mass is 9.80. The quantitative estimate of drug-likeness (QED) is 0.701. The van der Waals surface area contributed by atoms with Crippen molar-refractivity contribution in [3.63, 3.8) is 0 Å². The predicted octanol–water partition coefficient (Wildman–Crippen LogP) is 1.65. The van der Waals surface area contributed by atoms with E-state index in [4.69, 9.17) is 5.11 Å². The summed E-state index contributed by atoms with van der Waals surface area (Å²) in [5, 5.41) is 11.7. The Balaban J connectivity index is 4.66. The highest BCUT2D eigenvalue weighted by atomic mass is 16.4. The fourth-order valence-corrected chi connectivity index (χ4v) is 1.30. The Labute approximate surface area is 91.1 Å². The standard InChI is InChI=1S/C11H21NO3/c1-6-7(2)12-9(13)8(10(14)15)11(3,4)5/h7-8H,6H2,1-5H3,(H,12,13)(H,14,15). The second-order valence-electron chi connectivity index (χ2n) is 4.96. The summed E-state index contributed by atoms with van der Waals surface area (Å²) < 4.78 is 0. The van der Waals surface area contributed by atoms with Gasteiger partial charge in [0.25, 0.3) is 0 Å². The molecule has 0 saturated carbocycles. The van der Waals surface area contributed by atoms with Gasteiger partial charge in [0.2, 0.25) is 5.91 Å². The third kappa shape index (κ3) is 4.32. The molecule has 0 radical (unpaired) electrons. The first-order valence-electron chi connectivity index (χ1n) is 5.23. The smallest absolute Gasteiger partial charge is 0.316 e. The third-order valence-electron chi connectivity index (χ3n) is 2.38. The molecule has 0 aromatic rings. The second-order valence-corrected chi connectivity index (χ2v) is 4.96. The Morgan fingerprint density at radius 3 is 2.07 bits per heavy atom. The molecule has 2 N–H and O–H groups in total. The first-order valence-corrected chi connectivity index (χ1v) is 5.23. The number of carbonyl (C=O) groups excluding carboxylic acids is 1. The van der Waals surface area contributed by atoms with E-state index in [-0.39, 0.29) is 6.04 Å². The Kier molecular flexibility index (Phi) is 4.78. The largest absolute Gasteiger partial charge is 0.481 e. The van der Waals surface area contributed by atoms with Crippen molar-refractivity contribution in [3.8, 4) is 0 Å². The van der Waals surface area contributed by atoms with Crippen molar-refractivity contribution in [1.82, 2.24) is 5.32 Å². The predicted molar refractivity (Wildman–Crippen MR) is 58.5 cm³/mol. The average Bonchev–Trinajstić information content (AvgIpc) is 1.99. The van der Waals surface area contributed by atoms with E-state index in [0.29, 0.717) is 0 Å². The zero-order chi connectivity index (χ0) is 12.2. The van der Waals surface area contributed by atoms with Crippen molar-refractivity contribution in [3.05, 3.63) is 0 Å². The minimum absolute atomic E-state index is 0.0155. The van der Waals surface area contributed by atoms with Gasteiger partial charge in [0.15, 0.2) is 0 Å². The van der Waals surface area contributed by atoms with Crippen LogP contribution in [0.3, 0.4) is 0 Å². The topological polar surface area (TPSA) is 66.4 Å². The Bertz CT molecular complexity index is 243. The van der Waals surface area contributed by atoms with Gasteiger partial charge in [0, 0.05) is 6.04 Å². The van der Waals surface area contributed by atoms with Crippen molar-refractivity contribution in [1.29, 1.82) is 0 Å². The number of rotatable bonds is 4. The molecule has 0 aromatic heterocycles. The fraction of sp³-hybridized carbons (Fsp3) is 0.818. The lowest BCUT2D eigenvalue weighted by molar-refractivity contribution is -0.151. The van der Waals surface area contributed by atoms with E-state index >= 15 is 0 Å². The van der Waals surface area contributed by atoms with Crippen molar-refractivity contribution in [2.24, 2.45) is 11.3 Å². The summed E-state index contributed by atoms with van der Waals surface area (Å²) in [5.74, 6) is -2.46. The molecule has 15 heavy (non-hydrogen) atoms. The maximum Gasteiger partial charge on any atom is 0.316 e. The minimum Gasteiger partial charge on any atom is -0.481 e. The molecule has 0 spiro atoms. The molecule has 0 aliphatic heterocycles. The summed E-state index contributed by atoms with van der Waals surface area (Å²) in [6, 6.07) is 0.0155. The summed E-state index contributed by atoms with van der Waals surface area (Å²) in [7, 11) is 0. The van der Waals surface area contributed by atoms with E-state index in [1.165, 1.54) is 0 Å². The SMILES string of the molecule is CCC(C)NC(=O)C(C(=O)O)C(C)(C)C. The summed E-state index contributed by atoms with van der Waals surface area (Å²) in [6.45, 7) is 9.06. The Hall–Kier alpha value is -1.06. The van der Waals surface area contributed by atoms with Crippen LogP contribution >= 0.6 is 0 Å². The van der Waals surface area contributed by atoms with E-state index in [9.17, 15) is 9.59 Å². The van der Waals surface area contributed by atoms with Crippen LogP contribution in [0.1, 0.15) is 41.0 Å². The van der Waals surface area contributed by atoms with E-state index in [2.05, 4.69) is 5.32 Å².